The number of carbonyl (C=O) groups excluding carboxylic acids is 1. The minimum atomic E-state index is -0.317. The molecule has 7 heteroatoms. The van der Waals surface area contributed by atoms with E-state index in [1.807, 2.05) is 37.3 Å². The molecule has 0 aliphatic carbocycles. The number of aromatic nitrogens is 2. The van der Waals surface area contributed by atoms with Gasteiger partial charge in [0, 0.05) is 23.9 Å². The van der Waals surface area contributed by atoms with Crippen LogP contribution in [0.1, 0.15) is 34.8 Å². The Hall–Kier alpha value is -3.61. The lowest BCUT2D eigenvalue weighted by atomic mass is 10.1. The average Bonchev–Trinajstić information content (AvgIpc) is 2.74. The van der Waals surface area contributed by atoms with Crippen LogP contribution in [0, 0.1) is 6.92 Å². The van der Waals surface area contributed by atoms with Crippen LogP contribution in [0.4, 0.5) is 11.5 Å². The molecule has 2 N–H and O–H groups in total. The molecule has 1 unspecified atom stereocenters. The highest BCUT2D eigenvalue weighted by atomic mass is 16.6. The van der Waals surface area contributed by atoms with E-state index in [1.54, 1.807) is 31.2 Å². The Morgan fingerprint density at radius 2 is 1.76 bits per heavy atom. The smallest absolute Gasteiger partial charge is 0.274 e. The molecule has 148 valence electrons. The lowest BCUT2D eigenvalue weighted by Crippen LogP contribution is -2.18. The van der Waals surface area contributed by atoms with Crippen LogP contribution in [0.15, 0.2) is 54.6 Å². The SMILES string of the molecule is Cc1nc(NC(C)c2ccccc2)cc(C(=O)Nc2ccc3c(c2)OCCO3)n1. The number of hydrogen-bond donors (Lipinski definition) is 2. The number of nitrogens with zero attached hydrogens (tertiary/aromatic N) is 2. The second-order valence-electron chi connectivity index (χ2n) is 6.77. The Kier molecular flexibility index (Phi) is 5.29. The number of hydrogen-bond acceptors (Lipinski definition) is 6. The number of aryl methyl sites for hydroxylation is 1. The molecule has 4 rings (SSSR count). The van der Waals surface area contributed by atoms with Crippen molar-refractivity contribution in [1.82, 2.24) is 9.97 Å². The monoisotopic (exact) mass is 390 g/mol. The van der Waals surface area contributed by atoms with Crippen LogP contribution in [-0.2, 0) is 0 Å². The number of rotatable bonds is 5. The van der Waals surface area contributed by atoms with Crippen molar-refractivity contribution in [2.24, 2.45) is 0 Å². The Balaban J connectivity index is 1.50. The van der Waals surface area contributed by atoms with Crippen molar-refractivity contribution in [3.8, 4) is 11.5 Å². The van der Waals surface area contributed by atoms with Gasteiger partial charge in [-0.25, -0.2) is 9.97 Å². The Morgan fingerprint density at radius 1 is 1.00 bits per heavy atom. The topological polar surface area (TPSA) is 85.4 Å². The fourth-order valence-corrected chi connectivity index (χ4v) is 3.12. The zero-order chi connectivity index (χ0) is 20.2. The number of nitrogens with one attached hydrogen (secondary N) is 2. The summed E-state index contributed by atoms with van der Waals surface area (Å²) in [7, 11) is 0. The van der Waals surface area contributed by atoms with Gasteiger partial charge in [0.05, 0.1) is 0 Å². The highest BCUT2D eigenvalue weighted by Gasteiger charge is 2.16. The molecule has 1 aromatic heterocycles. The van der Waals surface area contributed by atoms with Crippen molar-refractivity contribution in [3.05, 3.63) is 71.7 Å². The van der Waals surface area contributed by atoms with Gasteiger partial charge in [-0.1, -0.05) is 30.3 Å². The first-order valence-corrected chi connectivity index (χ1v) is 9.46. The fourth-order valence-electron chi connectivity index (χ4n) is 3.12. The Bertz CT molecular complexity index is 1020. The zero-order valence-corrected chi connectivity index (χ0v) is 16.3. The number of amides is 1. The number of anilines is 2. The molecule has 7 nitrogen and oxygen atoms in total. The van der Waals surface area contributed by atoms with Crippen LogP contribution in [0.5, 0.6) is 11.5 Å². The van der Waals surface area contributed by atoms with E-state index in [1.165, 1.54) is 0 Å². The second kappa shape index (κ2) is 8.18. The first-order valence-electron chi connectivity index (χ1n) is 9.46. The molecule has 0 bridgehead atoms. The van der Waals surface area contributed by atoms with Crippen molar-refractivity contribution in [3.63, 3.8) is 0 Å². The van der Waals surface area contributed by atoms with Gasteiger partial charge >= 0.3 is 0 Å². The molecule has 1 atom stereocenters. The summed E-state index contributed by atoms with van der Waals surface area (Å²) in [6.45, 7) is 4.82. The second-order valence-corrected chi connectivity index (χ2v) is 6.77. The lowest BCUT2D eigenvalue weighted by Gasteiger charge is -2.19. The fraction of sp³-hybridized carbons (Fsp3) is 0.227. The van der Waals surface area contributed by atoms with E-state index in [2.05, 4.69) is 20.6 Å². The van der Waals surface area contributed by atoms with Crippen LogP contribution >= 0.6 is 0 Å². The summed E-state index contributed by atoms with van der Waals surface area (Å²) in [6, 6.07) is 17.0. The molecule has 0 spiro atoms. The molecule has 1 aliphatic heterocycles. The third-order valence-corrected chi connectivity index (χ3v) is 4.53. The van der Waals surface area contributed by atoms with Gasteiger partial charge in [-0.05, 0) is 31.5 Å². The van der Waals surface area contributed by atoms with E-state index in [0.29, 0.717) is 42.0 Å². The molecule has 29 heavy (non-hydrogen) atoms. The van der Waals surface area contributed by atoms with Gasteiger partial charge in [0.15, 0.2) is 11.5 Å². The van der Waals surface area contributed by atoms with Crippen LogP contribution in [0.2, 0.25) is 0 Å². The maximum atomic E-state index is 12.7. The number of carbonyl (C=O) groups is 1. The van der Waals surface area contributed by atoms with Gasteiger partial charge in [-0.3, -0.25) is 4.79 Å². The van der Waals surface area contributed by atoms with Crippen molar-refractivity contribution in [2.75, 3.05) is 23.8 Å². The molecular formula is C22H22N4O3. The summed E-state index contributed by atoms with van der Waals surface area (Å²) < 4.78 is 11.1. The summed E-state index contributed by atoms with van der Waals surface area (Å²) in [5.41, 5.74) is 2.03. The first kappa shape index (κ1) is 18.7. The number of ether oxygens (including phenoxy) is 2. The van der Waals surface area contributed by atoms with Gasteiger partial charge in [0.1, 0.15) is 30.5 Å². The molecule has 0 fully saturated rings. The van der Waals surface area contributed by atoms with Gasteiger partial charge in [-0.2, -0.15) is 0 Å². The highest BCUT2D eigenvalue weighted by molar-refractivity contribution is 6.03. The molecule has 2 heterocycles. The highest BCUT2D eigenvalue weighted by Crippen LogP contribution is 2.32. The van der Waals surface area contributed by atoms with Crippen molar-refractivity contribution in [1.29, 1.82) is 0 Å². The van der Waals surface area contributed by atoms with Crippen molar-refractivity contribution < 1.29 is 14.3 Å². The predicted octanol–water partition coefficient (Wildman–Crippen LogP) is 3.98. The third-order valence-electron chi connectivity index (χ3n) is 4.53. The van der Waals surface area contributed by atoms with E-state index < -0.39 is 0 Å². The summed E-state index contributed by atoms with van der Waals surface area (Å²) in [5, 5.41) is 6.19. The lowest BCUT2D eigenvalue weighted by molar-refractivity contribution is 0.102. The van der Waals surface area contributed by atoms with Gasteiger partial charge in [-0.15, -0.1) is 0 Å². The minimum Gasteiger partial charge on any atom is -0.486 e. The minimum absolute atomic E-state index is 0.0409. The number of fused-ring (bicyclic) bond motifs is 1. The van der Waals surface area contributed by atoms with Crippen molar-refractivity contribution in [2.45, 2.75) is 19.9 Å². The Labute approximate surface area is 169 Å². The third kappa shape index (κ3) is 4.45. The molecule has 1 amide bonds. The summed E-state index contributed by atoms with van der Waals surface area (Å²) >= 11 is 0. The van der Waals surface area contributed by atoms with Crippen LogP contribution in [-0.4, -0.2) is 29.1 Å². The average molecular weight is 390 g/mol. The Morgan fingerprint density at radius 3 is 2.55 bits per heavy atom. The van der Waals surface area contributed by atoms with Crippen LogP contribution < -0.4 is 20.1 Å². The van der Waals surface area contributed by atoms with Crippen LogP contribution in [0.3, 0.4) is 0 Å². The zero-order valence-electron chi connectivity index (χ0n) is 16.3. The molecule has 0 saturated carbocycles. The van der Waals surface area contributed by atoms with Crippen molar-refractivity contribution >= 4 is 17.4 Å². The number of benzene rings is 2. The molecule has 0 radical (unpaired) electrons. The van der Waals surface area contributed by atoms with E-state index in [0.717, 1.165) is 5.56 Å². The molecule has 0 saturated heterocycles. The molecule has 3 aromatic rings. The molecular weight excluding hydrogens is 368 g/mol. The largest absolute Gasteiger partial charge is 0.486 e. The standard InChI is InChI=1S/C22H22N4O3/c1-14(16-6-4-3-5-7-16)23-21-13-18(24-15(2)25-21)22(27)26-17-8-9-19-20(12-17)29-11-10-28-19/h3-9,12-14H,10-11H2,1-2H3,(H,26,27)(H,23,24,25). The normalized spacial score (nSPS) is 13.4. The molecule has 2 aromatic carbocycles. The van der Waals surface area contributed by atoms with Gasteiger partial charge in [0.2, 0.25) is 0 Å². The van der Waals surface area contributed by atoms with E-state index in [-0.39, 0.29) is 17.6 Å². The van der Waals surface area contributed by atoms with E-state index in [9.17, 15) is 4.79 Å². The van der Waals surface area contributed by atoms with E-state index >= 15 is 0 Å². The predicted molar refractivity (Wildman–Crippen MR) is 111 cm³/mol. The van der Waals surface area contributed by atoms with Gasteiger partial charge < -0.3 is 20.1 Å². The van der Waals surface area contributed by atoms with Crippen LogP contribution in [0.25, 0.3) is 0 Å². The summed E-state index contributed by atoms with van der Waals surface area (Å²) in [4.78, 5) is 21.4. The van der Waals surface area contributed by atoms with Gasteiger partial charge in [0.25, 0.3) is 5.91 Å². The van der Waals surface area contributed by atoms with E-state index in [4.69, 9.17) is 9.47 Å². The molecule has 1 aliphatic rings. The quantitative estimate of drug-likeness (QED) is 0.685. The summed E-state index contributed by atoms with van der Waals surface area (Å²) in [5.74, 6) is 2.09. The first-order chi connectivity index (χ1) is 14.1. The summed E-state index contributed by atoms with van der Waals surface area (Å²) in [6.07, 6.45) is 0. The maximum Gasteiger partial charge on any atom is 0.274 e. The maximum absolute atomic E-state index is 12.7.